The van der Waals surface area contributed by atoms with Gasteiger partial charge in [0.25, 0.3) is 5.69 Å². The average molecular weight is 416 g/mol. The minimum absolute atomic E-state index is 0.197. The first-order chi connectivity index (χ1) is 13.7. The molecular weight excluding hydrogens is 396 g/mol. The molecule has 0 aliphatic carbocycles. The first kappa shape index (κ1) is 20.5. The number of rotatable bonds is 7. The number of hydrogen-bond acceptors (Lipinski definition) is 6. The predicted octanol–water partition coefficient (Wildman–Crippen LogP) is 2.71. The van der Waals surface area contributed by atoms with Gasteiger partial charge in [-0.1, -0.05) is 18.2 Å². The fourth-order valence-electron chi connectivity index (χ4n) is 2.92. The summed E-state index contributed by atoms with van der Waals surface area (Å²) < 4.78 is 35.7. The van der Waals surface area contributed by atoms with Gasteiger partial charge in [-0.05, 0) is 30.7 Å². The Labute approximate surface area is 168 Å². The summed E-state index contributed by atoms with van der Waals surface area (Å²) in [5.74, 6) is 1.02. The quantitative estimate of drug-likeness (QED) is 0.468. The number of nitro benzene ring substituents is 1. The van der Waals surface area contributed by atoms with Gasteiger partial charge >= 0.3 is 0 Å². The van der Waals surface area contributed by atoms with Crippen molar-refractivity contribution in [2.24, 2.45) is 7.05 Å². The maximum absolute atomic E-state index is 13.1. The van der Waals surface area contributed by atoms with Gasteiger partial charge in [-0.15, -0.1) is 0 Å². The Morgan fingerprint density at radius 1 is 1.24 bits per heavy atom. The highest BCUT2D eigenvalue weighted by Gasteiger charge is 2.27. The van der Waals surface area contributed by atoms with E-state index in [1.54, 1.807) is 55.2 Å². The number of methoxy groups -OCH3 is 1. The third kappa shape index (κ3) is 4.28. The van der Waals surface area contributed by atoms with E-state index >= 15 is 0 Å². The monoisotopic (exact) mass is 416 g/mol. The van der Waals surface area contributed by atoms with Crippen molar-refractivity contribution in [3.63, 3.8) is 0 Å². The van der Waals surface area contributed by atoms with Gasteiger partial charge in [-0.25, -0.2) is 13.4 Å². The normalized spacial score (nSPS) is 12.5. The van der Waals surface area contributed by atoms with Crippen molar-refractivity contribution in [3.8, 4) is 5.75 Å². The van der Waals surface area contributed by atoms with E-state index in [0.717, 1.165) is 6.07 Å². The Hall–Kier alpha value is -3.24. The summed E-state index contributed by atoms with van der Waals surface area (Å²) in [6, 6.07) is 9.93. The van der Waals surface area contributed by atoms with Gasteiger partial charge in [0.05, 0.1) is 16.9 Å². The molecule has 0 spiro atoms. The van der Waals surface area contributed by atoms with Crippen LogP contribution >= 0.6 is 0 Å². The summed E-state index contributed by atoms with van der Waals surface area (Å²) in [5.41, 5.74) is 0.731. The van der Waals surface area contributed by atoms with Crippen LogP contribution in [-0.4, -0.2) is 30.0 Å². The molecule has 0 aliphatic rings. The number of ether oxygens (including phenoxy) is 1. The molecule has 0 bridgehead atoms. The SMILES string of the molecule is COc1cccc([C@@H](NS(=O)(=O)c2ccc(C)c([N+](=O)[O-])c2)c2nccn2C)c1. The molecule has 29 heavy (non-hydrogen) atoms. The Morgan fingerprint density at radius 2 is 2.00 bits per heavy atom. The van der Waals surface area contributed by atoms with Crippen molar-refractivity contribution in [1.82, 2.24) is 14.3 Å². The Bertz CT molecular complexity index is 1160. The third-order valence-corrected chi connectivity index (χ3v) is 5.92. The van der Waals surface area contributed by atoms with Crippen molar-refractivity contribution in [2.45, 2.75) is 17.9 Å². The first-order valence-electron chi connectivity index (χ1n) is 8.61. The molecule has 9 nitrogen and oxygen atoms in total. The summed E-state index contributed by atoms with van der Waals surface area (Å²) in [4.78, 5) is 14.7. The van der Waals surface area contributed by atoms with Crippen LogP contribution in [0.1, 0.15) is 23.0 Å². The molecule has 3 aromatic rings. The van der Waals surface area contributed by atoms with Gasteiger partial charge in [0.15, 0.2) is 0 Å². The summed E-state index contributed by atoms with van der Waals surface area (Å²) in [5, 5.41) is 11.2. The highest BCUT2D eigenvalue weighted by molar-refractivity contribution is 7.89. The zero-order valence-corrected chi connectivity index (χ0v) is 16.9. The standard InChI is InChI=1S/C19H20N4O5S/c1-13-7-8-16(12-17(13)23(24)25)29(26,27)21-18(19-20-9-10-22(19)2)14-5-4-6-15(11-14)28-3/h4-12,18,21H,1-3H3/t18-/m1/s1. The topological polar surface area (TPSA) is 116 Å². The average Bonchev–Trinajstić information content (AvgIpc) is 3.11. The Morgan fingerprint density at radius 3 is 2.62 bits per heavy atom. The van der Waals surface area contributed by atoms with E-state index in [4.69, 9.17) is 4.74 Å². The second-order valence-electron chi connectivity index (χ2n) is 6.43. The highest BCUT2D eigenvalue weighted by Crippen LogP contribution is 2.28. The van der Waals surface area contributed by atoms with Crippen LogP contribution in [0.5, 0.6) is 5.75 Å². The minimum Gasteiger partial charge on any atom is -0.497 e. The van der Waals surface area contributed by atoms with Crippen molar-refractivity contribution >= 4 is 15.7 Å². The first-order valence-corrected chi connectivity index (χ1v) is 10.1. The number of sulfonamides is 1. The second-order valence-corrected chi connectivity index (χ2v) is 8.15. The number of imidazole rings is 1. The van der Waals surface area contributed by atoms with Gasteiger partial charge in [0.1, 0.15) is 17.6 Å². The molecule has 10 heteroatoms. The van der Waals surface area contributed by atoms with Gasteiger partial charge in [-0.2, -0.15) is 4.72 Å². The van der Waals surface area contributed by atoms with E-state index in [2.05, 4.69) is 9.71 Å². The summed E-state index contributed by atoms with van der Waals surface area (Å²) in [7, 11) is -0.823. The lowest BCUT2D eigenvalue weighted by Crippen LogP contribution is -2.31. The van der Waals surface area contributed by atoms with Crippen LogP contribution in [0.2, 0.25) is 0 Å². The predicted molar refractivity (Wildman–Crippen MR) is 106 cm³/mol. The molecule has 0 fully saturated rings. The number of nitrogens with one attached hydrogen (secondary N) is 1. The molecule has 0 saturated carbocycles. The van der Waals surface area contributed by atoms with Gasteiger partial charge in [0, 0.05) is 31.1 Å². The largest absolute Gasteiger partial charge is 0.497 e. The van der Waals surface area contributed by atoms with E-state index < -0.39 is 21.0 Å². The molecular formula is C19H20N4O5S. The second kappa shape index (κ2) is 8.02. The maximum atomic E-state index is 13.1. The molecule has 1 N–H and O–H groups in total. The van der Waals surface area contributed by atoms with E-state index in [9.17, 15) is 18.5 Å². The fraction of sp³-hybridized carbons (Fsp3) is 0.211. The van der Waals surface area contributed by atoms with E-state index in [1.165, 1.54) is 19.2 Å². The van der Waals surface area contributed by atoms with Crippen molar-refractivity contribution < 1.29 is 18.1 Å². The number of aryl methyl sites for hydroxylation is 2. The molecule has 152 valence electrons. The molecule has 3 rings (SSSR count). The van der Waals surface area contributed by atoms with E-state index in [1.807, 2.05) is 0 Å². The summed E-state index contributed by atoms with van der Waals surface area (Å²) in [6.45, 7) is 1.55. The lowest BCUT2D eigenvalue weighted by Gasteiger charge is -2.20. The van der Waals surface area contributed by atoms with Crippen LogP contribution in [0.4, 0.5) is 5.69 Å². The van der Waals surface area contributed by atoms with Crippen LogP contribution in [0.3, 0.4) is 0 Å². The van der Waals surface area contributed by atoms with E-state index in [0.29, 0.717) is 22.7 Å². The van der Waals surface area contributed by atoms with Crippen molar-refractivity contribution in [2.75, 3.05) is 7.11 Å². The molecule has 0 amide bonds. The number of nitro groups is 1. The smallest absolute Gasteiger partial charge is 0.273 e. The molecule has 1 atom stereocenters. The number of hydrogen-bond donors (Lipinski definition) is 1. The fourth-order valence-corrected chi connectivity index (χ4v) is 4.12. The lowest BCUT2D eigenvalue weighted by molar-refractivity contribution is -0.385. The zero-order chi connectivity index (χ0) is 21.2. The number of benzene rings is 2. The lowest BCUT2D eigenvalue weighted by atomic mass is 10.1. The molecule has 0 unspecified atom stereocenters. The molecule has 1 aromatic heterocycles. The van der Waals surface area contributed by atoms with Crippen LogP contribution in [0.15, 0.2) is 59.8 Å². The third-order valence-electron chi connectivity index (χ3n) is 4.50. The van der Waals surface area contributed by atoms with E-state index in [-0.39, 0.29) is 10.6 Å². The zero-order valence-electron chi connectivity index (χ0n) is 16.1. The maximum Gasteiger partial charge on any atom is 0.273 e. The molecule has 1 heterocycles. The van der Waals surface area contributed by atoms with Crippen molar-refractivity contribution in [1.29, 1.82) is 0 Å². The van der Waals surface area contributed by atoms with Crippen molar-refractivity contribution in [3.05, 3.63) is 81.9 Å². The molecule has 0 aliphatic heterocycles. The molecule has 0 saturated heterocycles. The number of aromatic nitrogens is 2. The minimum atomic E-state index is -4.09. The molecule has 2 aromatic carbocycles. The molecule has 0 radical (unpaired) electrons. The van der Waals surface area contributed by atoms with Crippen LogP contribution in [0.25, 0.3) is 0 Å². The Balaban J connectivity index is 2.07. The van der Waals surface area contributed by atoms with Gasteiger partial charge < -0.3 is 9.30 Å². The van der Waals surface area contributed by atoms with Crippen LogP contribution in [0, 0.1) is 17.0 Å². The number of nitrogens with zero attached hydrogens (tertiary/aromatic N) is 3. The van der Waals surface area contributed by atoms with Crippen LogP contribution < -0.4 is 9.46 Å². The highest BCUT2D eigenvalue weighted by atomic mass is 32.2. The van der Waals surface area contributed by atoms with Crippen LogP contribution in [-0.2, 0) is 17.1 Å². The summed E-state index contributed by atoms with van der Waals surface area (Å²) in [6.07, 6.45) is 3.26. The summed E-state index contributed by atoms with van der Waals surface area (Å²) >= 11 is 0. The van der Waals surface area contributed by atoms with Gasteiger partial charge in [0.2, 0.25) is 10.0 Å². The Kier molecular flexibility index (Phi) is 5.66. The van der Waals surface area contributed by atoms with Gasteiger partial charge in [-0.3, -0.25) is 10.1 Å².